The third kappa shape index (κ3) is 4.72. The highest BCUT2D eigenvalue weighted by Gasteiger charge is 2.25. The number of amidine groups is 2. The Kier molecular flexibility index (Phi) is 6.85. The van der Waals surface area contributed by atoms with E-state index in [4.69, 9.17) is 9.98 Å². The zero-order chi connectivity index (χ0) is 35.6. The van der Waals surface area contributed by atoms with E-state index in [1.807, 2.05) is 36.4 Å². The first kappa shape index (κ1) is 30.4. The SMILES string of the molecule is c1ccc(C2=NC(c3ccc(-n4c5ccccc5c5cc6c7ccccc7n(-c7ccccc7)c6cc54)c4ccccc34)NC(c3ccccc3)=N2)cc1. The first-order valence-electron chi connectivity index (χ1n) is 18.4. The van der Waals surface area contributed by atoms with Crippen molar-refractivity contribution in [3.63, 3.8) is 0 Å². The molecule has 11 rings (SSSR count). The third-order valence-electron chi connectivity index (χ3n) is 10.8. The van der Waals surface area contributed by atoms with Crippen LogP contribution in [0.2, 0.25) is 0 Å². The number of nitrogens with zero attached hydrogens (tertiary/aromatic N) is 4. The van der Waals surface area contributed by atoms with Gasteiger partial charge in [0.25, 0.3) is 0 Å². The second-order valence-electron chi connectivity index (χ2n) is 13.8. The molecule has 0 bridgehead atoms. The molecule has 0 saturated carbocycles. The Morgan fingerprint density at radius 1 is 0.407 bits per heavy atom. The van der Waals surface area contributed by atoms with Crippen molar-refractivity contribution in [2.75, 3.05) is 0 Å². The monoisotopic (exact) mass is 691 g/mol. The third-order valence-corrected chi connectivity index (χ3v) is 10.8. The predicted octanol–water partition coefficient (Wildman–Crippen LogP) is 11.5. The maximum absolute atomic E-state index is 5.24. The van der Waals surface area contributed by atoms with E-state index in [1.165, 1.54) is 43.6 Å². The highest BCUT2D eigenvalue weighted by molar-refractivity contribution is 6.20. The van der Waals surface area contributed by atoms with Gasteiger partial charge in [0.2, 0.25) is 0 Å². The first-order chi connectivity index (χ1) is 26.8. The Hall–Kier alpha value is -7.24. The molecule has 1 atom stereocenters. The van der Waals surface area contributed by atoms with Crippen LogP contribution in [-0.2, 0) is 0 Å². The van der Waals surface area contributed by atoms with E-state index in [0.717, 1.165) is 44.7 Å². The van der Waals surface area contributed by atoms with Crippen LogP contribution in [0, 0.1) is 0 Å². The summed E-state index contributed by atoms with van der Waals surface area (Å²) in [4.78, 5) is 10.3. The van der Waals surface area contributed by atoms with Gasteiger partial charge in [-0.25, -0.2) is 9.98 Å². The van der Waals surface area contributed by atoms with Crippen LogP contribution in [0.5, 0.6) is 0 Å². The number of hydrogen-bond acceptors (Lipinski definition) is 3. The lowest BCUT2D eigenvalue weighted by Crippen LogP contribution is -2.33. The number of nitrogens with one attached hydrogen (secondary N) is 1. The summed E-state index contributed by atoms with van der Waals surface area (Å²) in [6.45, 7) is 0. The number of fused-ring (bicyclic) bond motifs is 7. The van der Waals surface area contributed by atoms with Crippen LogP contribution in [0.4, 0.5) is 0 Å². The summed E-state index contributed by atoms with van der Waals surface area (Å²) in [5.74, 6) is 1.52. The molecule has 5 nitrogen and oxygen atoms in total. The molecule has 10 aromatic rings. The van der Waals surface area contributed by atoms with E-state index in [0.29, 0.717) is 5.84 Å². The Bertz CT molecular complexity index is 3120. The predicted molar refractivity (Wildman–Crippen MR) is 224 cm³/mol. The van der Waals surface area contributed by atoms with Crippen LogP contribution in [0.25, 0.3) is 65.8 Å². The average Bonchev–Trinajstić information content (AvgIpc) is 3.75. The molecule has 0 spiro atoms. The van der Waals surface area contributed by atoms with Crippen molar-refractivity contribution >= 4 is 66.1 Å². The second kappa shape index (κ2) is 12.2. The molecule has 1 aliphatic heterocycles. The van der Waals surface area contributed by atoms with Gasteiger partial charge in [-0.05, 0) is 47.9 Å². The van der Waals surface area contributed by atoms with Gasteiger partial charge in [0, 0.05) is 49.3 Å². The van der Waals surface area contributed by atoms with Gasteiger partial charge in [-0.15, -0.1) is 0 Å². The van der Waals surface area contributed by atoms with Crippen molar-refractivity contribution in [3.8, 4) is 11.4 Å². The van der Waals surface area contributed by atoms with E-state index in [2.05, 4.69) is 166 Å². The van der Waals surface area contributed by atoms with Gasteiger partial charge in [0.1, 0.15) is 12.0 Å². The lowest BCUT2D eigenvalue weighted by Gasteiger charge is -2.25. The molecule has 1 aliphatic rings. The molecular weight excluding hydrogens is 659 g/mol. The number of aromatic nitrogens is 2. The fourth-order valence-corrected chi connectivity index (χ4v) is 8.35. The van der Waals surface area contributed by atoms with Crippen LogP contribution in [-0.4, -0.2) is 20.8 Å². The smallest absolute Gasteiger partial charge is 0.159 e. The number of para-hydroxylation sites is 3. The van der Waals surface area contributed by atoms with Gasteiger partial charge < -0.3 is 14.5 Å². The van der Waals surface area contributed by atoms with E-state index in [-0.39, 0.29) is 6.17 Å². The zero-order valence-electron chi connectivity index (χ0n) is 29.3. The van der Waals surface area contributed by atoms with Crippen LogP contribution in [0.15, 0.2) is 198 Å². The minimum atomic E-state index is -0.341. The molecule has 0 amide bonds. The second-order valence-corrected chi connectivity index (χ2v) is 13.8. The quantitative estimate of drug-likeness (QED) is 0.192. The number of benzene rings is 8. The van der Waals surface area contributed by atoms with Gasteiger partial charge in [-0.2, -0.15) is 0 Å². The minimum absolute atomic E-state index is 0.341. The summed E-state index contributed by atoms with van der Waals surface area (Å²) in [6, 6.07) is 66.8. The van der Waals surface area contributed by atoms with E-state index < -0.39 is 0 Å². The Morgan fingerprint density at radius 3 is 1.63 bits per heavy atom. The van der Waals surface area contributed by atoms with E-state index in [9.17, 15) is 0 Å². The van der Waals surface area contributed by atoms with Crippen LogP contribution >= 0.6 is 0 Å². The average molecular weight is 692 g/mol. The number of aliphatic imine (C=N–C) groups is 2. The maximum Gasteiger partial charge on any atom is 0.159 e. The fourth-order valence-electron chi connectivity index (χ4n) is 8.35. The first-order valence-corrected chi connectivity index (χ1v) is 18.4. The minimum Gasteiger partial charge on any atom is -0.344 e. The fraction of sp³-hybridized carbons (Fsp3) is 0.0204. The lowest BCUT2D eigenvalue weighted by atomic mass is 9.99. The van der Waals surface area contributed by atoms with E-state index >= 15 is 0 Å². The highest BCUT2D eigenvalue weighted by Crippen LogP contribution is 2.41. The van der Waals surface area contributed by atoms with Crippen molar-refractivity contribution < 1.29 is 0 Å². The Morgan fingerprint density at radius 2 is 0.944 bits per heavy atom. The molecule has 5 heteroatoms. The molecule has 254 valence electrons. The number of hydrogen-bond donors (Lipinski definition) is 1. The van der Waals surface area contributed by atoms with Crippen LogP contribution in [0.1, 0.15) is 22.9 Å². The summed E-state index contributed by atoms with van der Waals surface area (Å²) < 4.78 is 4.85. The summed E-state index contributed by atoms with van der Waals surface area (Å²) in [6.07, 6.45) is -0.341. The summed E-state index contributed by atoms with van der Waals surface area (Å²) in [7, 11) is 0. The van der Waals surface area contributed by atoms with Crippen LogP contribution < -0.4 is 5.32 Å². The standard InChI is InChI=1S/C49H33N5/c1-4-16-32(17-5-1)47-50-48(33-18-6-2-7-19-33)52-49(51-47)39-28-29-44(36-23-11-10-22-35(36)39)54-43-27-15-13-25-38(43)41-30-40-37-24-12-14-26-42(37)53(45(40)31-46(41)54)34-20-8-3-9-21-34/h1-31,49H,(H,50,51,52). The molecule has 8 aromatic carbocycles. The molecule has 1 unspecified atom stereocenters. The molecule has 0 aliphatic carbocycles. The van der Waals surface area contributed by atoms with Crippen molar-refractivity contribution in [2.24, 2.45) is 9.98 Å². The zero-order valence-corrected chi connectivity index (χ0v) is 29.3. The molecule has 2 aromatic heterocycles. The van der Waals surface area contributed by atoms with E-state index in [1.54, 1.807) is 0 Å². The van der Waals surface area contributed by atoms with Gasteiger partial charge in [0.15, 0.2) is 5.84 Å². The molecule has 0 fully saturated rings. The summed E-state index contributed by atoms with van der Waals surface area (Å²) in [5.41, 5.74) is 10.1. The maximum atomic E-state index is 5.24. The topological polar surface area (TPSA) is 46.6 Å². The van der Waals surface area contributed by atoms with Crippen LogP contribution in [0.3, 0.4) is 0 Å². The molecule has 1 N–H and O–H groups in total. The van der Waals surface area contributed by atoms with Gasteiger partial charge in [0.05, 0.1) is 27.8 Å². The summed E-state index contributed by atoms with van der Waals surface area (Å²) in [5, 5.41) is 11.0. The van der Waals surface area contributed by atoms with Gasteiger partial charge in [-0.1, -0.05) is 146 Å². The largest absolute Gasteiger partial charge is 0.344 e. The van der Waals surface area contributed by atoms with Gasteiger partial charge >= 0.3 is 0 Å². The number of rotatable bonds is 5. The molecular formula is C49H33N5. The molecule has 3 heterocycles. The van der Waals surface area contributed by atoms with Crippen molar-refractivity contribution in [3.05, 3.63) is 205 Å². The van der Waals surface area contributed by atoms with Crippen molar-refractivity contribution in [1.82, 2.24) is 14.5 Å². The molecule has 0 radical (unpaired) electrons. The summed E-state index contributed by atoms with van der Waals surface area (Å²) >= 11 is 0. The normalized spacial score (nSPS) is 14.5. The van der Waals surface area contributed by atoms with Crippen molar-refractivity contribution in [2.45, 2.75) is 6.17 Å². The Labute approximate surface area is 311 Å². The Balaban J connectivity index is 1.15. The molecule has 54 heavy (non-hydrogen) atoms. The molecule has 0 saturated heterocycles. The highest BCUT2D eigenvalue weighted by atomic mass is 15.2. The lowest BCUT2D eigenvalue weighted by molar-refractivity contribution is 0.679. The van der Waals surface area contributed by atoms with Crippen molar-refractivity contribution in [1.29, 1.82) is 0 Å². The van der Waals surface area contributed by atoms with Gasteiger partial charge in [-0.3, -0.25) is 0 Å².